The number of likely N-dealkylation sites (N-methyl/N-ethyl adjacent to an activating group) is 1. The lowest BCUT2D eigenvalue weighted by molar-refractivity contribution is 0.275. The molecule has 3 nitrogen and oxygen atoms in total. The van der Waals surface area contributed by atoms with E-state index in [9.17, 15) is 0 Å². The summed E-state index contributed by atoms with van der Waals surface area (Å²) >= 11 is 6.48. The van der Waals surface area contributed by atoms with Gasteiger partial charge >= 0.3 is 0 Å². The molecule has 1 fully saturated rings. The van der Waals surface area contributed by atoms with Gasteiger partial charge in [-0.15, -0.1) is 0 Å². The van der Waals surface area contributed by atoms with E-state index < -0.39 is 0 Å². The first-order chi connectivity index (χ1) is 9.02. The van der Waals surface area contributed by atoms with Gasteiger partial charge in [0.2, 0.25) is 0 Å². The highest BCUT2D eigenvalue weighted by Crippen LogP contribution is 2.31. The zero-order chi connectivity index (χ0) is 14.0. The number of benzene rings is 1. The van der Waals surface area contributed by atoms with Crippen LogP contribution in [0.15, 0.2) is 18.2 Å². The number of hydrogen-bond donors (Lipinski definition) is 1. The lowest BCUT2D eigenvalue weighted by Crippen LogP contribution is -2.50. The van der Waals surface area contributed by atoms with E-state index in [-0.39, 0.29) is 0 Å². The van der Waals surface area contributed by atoms with Crippen LogP contribution >= 0.6 is 11.6 Å². The molecule has 0 radical (unpaired) electrons. The fourth-order valence-electron chi connectivity index (χ4n) is 2.69. The van der Waals surface area contributed by atoms with Crippen LogP contribution in [0.3, 0.4) is 0 Å². The van der Waals surface area contributed by atoms with E-state index in [0.717, 1.165) is 30.3 Å². The second-order valence-corrected chi connectivity index (χ2v) is 5.93. The summed E-state index contributed by atoms with van der Waals surface area (Å²) in [7, 11) is 4.14. The van der Waals surface area contributed by atoms with Crippen LogP contribution in [0.4, 0.5) is 5.69 Å². The molecule has 0 amide bonds. The van der Waals surface area contributed by atoms with Crippen molar-refractivity contribution in [2.45, 2.75) is 25.9 Å². The van der Waals surface area contributed by atoms with Crippen LogP contribution < -0.4 is 10.2 Å². The van der Waals surface area contributed by atoms with Gasteiger partial charge in [-0.1, -0.05) is 17.7 Å². The van der Waals surface area contributed by atoms with Crippen molar-refractivity contribution in [1.82, 2.24) is 10.2 Å². The standard InChI is InChI=1S/C15H24ClN3/c1-11-10-18(4)7-8-19(11)15-6-5-13(9-14(15)16)12(2)17-3/h5-6,9,11-12,17H,7-8,10H2,1-4H3. The van der Waals surface area contributed by atoms with Gasteiger partial charge in [0.25, 0.3) is 0 Å². The SMILES string of the molecule is CNC(C)c1ccc(N2CCN(C)CC2C)c(Cl)c1. The summed E-state index contributed by atoms with van der Waals surface area (Å²) in [6.45, 7) is 7.62. The summed E-state index contributed by atoms with van der Waals surface area (Å²) < 4.78 is 0. The van der Waals surface area contributed by atoms with E-state index in [1.807, 2.05) is 7.05 Å². The summed E-state index contributed by atoms with van der Waals surface area (Å²) in [5.74, 6) is 0. The van der Waals surface area contributed by atoms with Gasteiger partial charge in [-0.05, 0) is 45.6 Å². The van der Waals surface area contributed by atoms with Crippen molar-refractivity contribution >= 4 is 17.3 Å². The van der Waals surface area contributed by atoms with E-state index in [0.29, 0.717) is 12.1 Å². The van der Waals surface area contributed by atoms with Crippen molar-refractivity contribution in [3.63, 3.8) is 0 Å². The van der Waals surface area contributed by atoms with Gasteiger partial charge in [0.1, 0.15) is 0 Å². The number of nitrogens with zero attached hydrogens (tertiary/aromatic N) is 2. The van der Waals surface area contributed by atoms with Crippen molar-refractivity contribution < 1.29 is 0 Å². The van der Waals surface area contributed by atoms with Crippen molar-refractivity contribution in [3.8, 4) is 0 Å². The predicted molar refractivity (Wildman–Crippen MR) is 83.2 cm³/mol. The number of halogens is 1. The zero-order valence-electron chi connectivity index (χ0n) is 12.3. The minimum atomic E-state index is 0.330. The van der Waals surface area contributed by atoms with Crippen LogP contribution in [0.1, 0.15) is 25.5 Å². The van der Waals surface area contributed by atoms with Crippen LogP contribution in [0.2, 0.25) is 5.02 Å². The molecule has 2 rings (SSSR count). The lowest BCUT2D eigenvalue weighted by atomic mass is 10.1. The lowest BCUT2D eigenvalue weighted by Gasteiger charge is -2.40. The molecule has 0 bridgehead atoms. The molecule has 1 heterocycles. The smallest absolute Gasteiger partial charge is 0.0643 e. The van der Waals surface area contributed by atoms with E-state index in [1.54, 1.807) is 0 Å². The van der Waals surface area contributed by atoms with Gasteiger partial charge in [0, 0.05) is 31.7 Å². The summed E-state index contributed by atoms with van der Waals surface area (Å²) in [6, 6.07) is 7.25. The maximum Gasteiger partial charge on any atom is 0.0643 e. The van der Waals surface area contributed by atoms with Crippen LogP contribution in [0.5, 0.6) is 0 Å². The van der Waals surface area contributed by atoms with Gasteiger partial charge in [-0.2, -0.15) is 0 Å². The van der Waals surface area contributed by atoms with E-state index in [2.05, 4.69) is 54.2 Å². The monoisotopic (exact) mass is 281 g/mol. The average Bonchev–Trinajstić information content (AvgIpc) is 2.38. The first-order valence-corrected chi connectivity index (χ1v) is 7.32. The molecule has 1 saturated heterocycles. The molecule has 0 aromatic heterocycles. The molecular formula is C15H24ClN3. The van der Waals surface area contributed by atoms with Crippen molar-refractivity contribution in [3.05, 3.63) is 28.8 Å². The maximum atomic E-state index is 6.48. The quantitative estimate of drug-likeness (QED) is 0.919. The summed E-state index contributed by atoms with van der Waals surface area (Å²) in [4.78, 5) is 4.78. The van der Waals surface area contributed by atoms with Crippen LogP contribution in [-0.2, 0) is 0 Å². The second-order valence-electron chi connectivity index (χ2n) is 5.53. The minimum absolute atomic E-state index is 0.330. The summed E-state index contributed by atoms with van der Waals surface area (Å²) in [6.07, 6.45) is 0. The molecule has 1 N–H and O–H groups in total. The van der Waals surface area contributed by atoms with E-state index >= 15 is 0 Å². The Hall–Kier alpha value is -0.770. The molecule has 1 aliphatic rings. The normalized spacial score (nSPS) is 22.6. The molecule has 19 heavy (non-hydrogen) atoms. The Kier molecular flexibility index (Phi) is 4.71. The number of piperazine rings is 1. The van der Waals surface area contributed by atoms with Gasteiger partial charge < -0.3 is 15.1 Å². The Bertz CT molecular complexity index is 435. The molecule has 1 aliphatic heterocycles. The van der Waals surface area contributed by atoms with Gasteiger partial charge in [-0.25, -0.2) is 0 Å². The number of nitrogens with one attached hydrogen (secondary N) is 1. The Morgan fingerprint density at radius 1 is 1.37 bits per heavy atom. The van der Waals surface area contributed by atoms with Crippen molar-refractivity contribution in [2.75, 3.05) is 38.6 Å². The Morgan fingerprint density at radius 2 is 2.11 bits per heavy atom. The van der Waals surface area contributed by atoms with E-state index in [4.69, 9.17) is 11.6 Å². The number of rotatable bonds is 3. The molecule has 1 aromatic carbocycles. The molecule has 4 heteroatoms. The first kappa shape index (κ1) is 14.6. The molecular weight excluding hydrogens is 258 g/mol. The van der Waals surface area contributed by atoms with Crippen LogP contribution in [0, 0.1) is 0 Å². The Balaban J connectivity index is 2.21. The van der Waals surface area contributed by atoms with Crippen LogP contribution in [-0.4, -0.2) is 44.7 Å². The third-order valence-corrected chi connectivity index (χ3v) is 4.35. The maximum absolute atomic E-state index is 6.48. The van der Waals surface area contributed by atoms with Gasteiger partial charge in [0.15, 0.2) is 0 Å². The highest BCUT2D eigenvalue weighted by atomic mass is 35.5. The Morgan fingerprint density at radius 3 is 2.68 bits per heavy atom. The molecule has 2 atom stereocenters. The molecule has 0 aliphatic carbocycles. The Labute approximate surface area is 121 Å². The average molecular weight is 282 g/mol. The summed E-state index contributed by atoms with van der Waals surface area (Å²) in [5, 5.41) is 4.10. The van der Waals surface area contributed by atoms with E-state index in [1.165, 1.54) is 5.56 Å². The number of anilines is 1. The van der Waals surface area contributed by atoms with Crippen LogP contribution in [0.25, 0.3) is 0 Å². The molecule has 0 spiro atoms. The third-order valence-electron chi connectivity index (χ3n) is 4.04. The topological polar surface area (TPSA) is 18.5 Å². The molecule has 2 unspecified atom stereocenters. The molecule has 0 saturated carbocycles. The van der Waals surface area contributed by atoms with Crippen molar-refractivity contribution in [2.24, 2.45) is 0 Å². The zero-order valence-corrected chi connectivity index (χ0v) is 13.0. The highest BCUT2D eigenvalue weighted by Gasteiger charge is 2.23. The fraction of sp³-hybridized carbons (Fsp3) is 0.600. The summed E-state index contributed by atoms with van der Waals surface area (Å²) in [5.41, 5.74) is 2.40. The largest absolute Gasteiger partial charge is 0.365 e. The second kappa shape index (κ2) is 6.12. The molecule has 1 aromatic rings. The predicted octanol–water partition coefficient (Wildman–Crippen LogP) is 2.76. The number of hydrogen-bond acceptors (Lipinski definition) is 3. The van der Waals surface area contributed by atoms with Gasteiger partial charge in [0.05, 0.1) is 10.7 Å². The first-order valence-electron chi connectivity index (χ1n) is 6.95. The molecule has 106 valence electrons. The van der Waals surface area contributed by atoms with Crippen molar-refractivity contribution in [1.29, 1.82) is 0 Å². The third kappa shape index (κ3) is 3.22. The van der Waals surface area contributed by atoms with Gasteiger partial charge in [-0.3, -0.25) is 0 Å². The fourth-order valence-corrected chi connectivity index (χ4v) is 2.99. The highest BCUT2D eigenvalue weighted by molar-refractivity contribution is 6.33. The minimum Gasteiger partial charge on any atom is -0.365 e.